The molecule has 0 fully saturated rings. The Morgan fingerprint density at radius 3 is 2.59 bits per heavy atom. The monoisotopic (exact) mass is 452 g/mol. The molecule has 32 heavy (non-hydrogen) atoms. The van der Waals surface area contributed by atoms with Crippen molar-refractivity contribution in [3.05, 3.63) is 52.1 Å². The van der Waals surface area contributed by atoms with Crippen LogP contribution in [0.15, 0.2) is 34.9 Å². The van der Waals surface area contributed by atoms with Gasteiger partial charge in [0.05, 0.1) is 18.4 Å². The first-order valence-corrected chi connectivity index (χ1v) is 10.8. The lowest BCUT2D eigenvalue weighted by Gasteiger charge is -2.18. The first-order chi connectivity index (χ1) is 15.3. The molecule has 8 nitrogen and oxygen atoms in total. The molecule has 0 saturated heterocycles. The predicted molar refractivity (Wildman–Crippen MR) is 122 cm³/mol. The van der Waals surface area contributed by atoms with Crippen LogP contribution in [-0.4, -0.2) is 30.1 Å². The topological polar surface area (TPSA) is 131 Å². The van der Waals surface area contributed by atoms with Crippen molar-refractivity contribution in [2.45, 2.75) is 33.2 Å². The first kappa shape index (κ1) is 23.0. The summed E-state index contributed by atoms with van der Waals surface area (Å²) in [6.07, 6.45) is 0.488. The number of nitrogens with two attached hydrogens (primary N) is 1. The molecule has 166 valence electrons. The number of anilines is 2. The maximum atomic E-state index is 13.5. The molecule has 0 amide bonds. The highest BCUT2D eigenvalue weighted by Crippen LogP contribution is 2.39. The lowest BCUT2D eigenvalue weighted by atomic mass is 10.0. The molecule has 1 unspecified atom stereocenters. The van der Waals surface area contributed by atoms with Crippen LogP contribution in [0.5, 0.6) is 0 Å². The summed E-state index contributed by atoms with van der Waals surface area (Å²) in [5.74, 6) is -0.303. The number of hydrogen-bond acceptors (Lipinski definition) is 9. The number of rotatable bonds is 8. The molecule has 1 aromatic carbocycles. The number of nitriles is 1. The molecule has 9 heteroatoms. The van der Waals surface area contributed by atoms with Gasteiger partial charge in [0.15, 0.2) is 0 Å². The van der Waals surface area contributed by atoms with Crippen LogP contribution >= 0.6 is 11.3 Å². The van der Waals surface area contributed by atoms with E-state index in [1.54, 1.807) is 6.92 Å². The van der Waals surface area contributed by atoms with Gasteiger partial charge in [0, 0.05) is 5.56 Å². The van der Waals surface area contributed by atoms with Crippen LogP contribution in [0.4, 0.5) is 10.7 Å². The number of aryl methyl sites for hydroxylation is 1. The zero-order valence-corrected chi connectivity index (χ0v) is 19.1. The van der Waals surface area contributed by atoms with Crippen LogP contribution in [0.3, 0.4) is 0 Å². The lowest BCUT2D eigenvalue weighted by molar-refractivity contribution is -0.141. The molecule has 3 N–H and O–H groups in total. The summed E-state index contributed by atoms with van der Waals surface area (Å²) in [6, 6.07) is 10.6. The molecule has 0 aliphatic rings. The summed E-state index contributed by atoms with van der Waals surface area (Å²) >= 11 is 1.03. The van der Waals surface area contributed by atoms with E-state index in [0.29, 0.717) is 22.9 Å². The maximum absolute atomic E-state index is 13.5. The molecule has 2 heterocycles. The standard InChI is InChI=1S/C23H24N4O4S/c1-12(2)10-16(23(29)30-4)26-22-15(11-24)18(25)21(32-22)20(28)17-13(3)31-27-19(17)14-8-6-5-7-9-14/h5-9,12,16,26H,10,25H2,1-4H3. The Bertz CT molecular complexity index is 1170. The molecule has 0 bridgehead atoms. The molecule has 2 aromatic heterocycles. The molecule has 3 rings (SSSR count). The second kappa shape index (κ2) is 9.66. The van der Waals surface area contributed by atoms with Crippen molar-refractivity contribution < 1.29 is 18.8 Å². The average Bonchev–Trinajstić information content (AvgIpc) is 3.31. The normalized spacial score (nSPS) is 11.8. The molecular formula is C23H24N4O4S. The minimum Gasteiger partial charge on any atom is -0.467 e. The number of carbonyl (C=O) groups excluding carboxylic acids is 2. The number of ketones is 1. The van der Waals surface area contributed by atoms with Crippen molar-refractivity contribution in [2.24, 2.45) is 5.92 Å². The highest BCUT2D eigenvalue weighted by molar-refractivity contribution is 7.19. The van der Waals surface area contributed by atoms with Crippen LogP contribution in [0.1, 0.15) is 46.8 Å². The van der Waals surface area contributed by atoms with E-state index in [0.717, 1.165) is 16.9 Å². The fourth-order valence-electron chi connectivity index (χ4n) is 3.36. The summed E-state index contributed by atoms with van der Waals surface area (Å²) < 4.78 is 10.2. The van der Waals surface area contributed by atoms with Gasteiger partial charge < -0.3 is 20.3 Å². The second-order valence-electron chi connectivity index (χ2n) is 7.67. The van der Waals surface area contributed by atoms with E-state index in [1.807, 2.05) is 50.2 Å². The van der Waals surface area contributed by atoms with Crippen molar-refractivity contribution in [3.63, 3.8) is 0 Å². The molecule has 0 spiro atoms. The summed E-state index contributed by atoms with van der Waals surface area (Å²) in [6.45, 7) is 5.59. The van der Waals surface area contributed by atoms with Gasteiger partial charge in [-0.05, 0) is 19.3 Å². The zero-order valence-electron chi connectivity index (χ0n) is 18.3. The summed E-state index contributed by atoms with van der Waals surface area (Å²) in [7, 11) is 1.31. The van der Waals surface area contributed by atoms with Crippen molar-refractivity contribution >= 4 is 33.8 Å². The van der Waals surface area contributed by atoms with Crippen LogP contribution < -0.4 is 11.1 Å². The fourth-order valence-corrected chi connectivity index (χ4v) is 4.43. The Balaban J connectivity index is 2.03. The van der Waals surface area contributed by atoms with Gasteiger partial charge >= 0.3 is 5.97 Å². The van der Waals surface area contributed by atoms with Crippen molar-refractivity contribution in [1.29, 1.82) is 5.26 Å². The molecule has 0 saturated carbocycles. The highest BCUT2D eigenvalue weighted by Gasteiger charge is 2.30. The quantitative estimate of drug-likeness (QED) is 0.380. The number of methoxy groups -OCH3 is 1. The van der Waals surface area contributed by atoms with E-state index in [9.17, 15) is 14.9 Å². The number of esters is 1. The molecule has 1 atom stereocenters. The Morgan fingerprint density at radius 2 is 2.00 bits per heavy atom. The van der Waals surface area contributed by atoms with E-state index in [1.165, 1.54) is 7.11 Å². The van der Waals surface area contributed by atoms with Crippen molar-refractivity contribution in [1.82, 2.24) is 5.16 Å². The number of nitrogens with zero attached hydrogens (tertiary/aromatic N) is 2. The number of nitrogen functional groups attached to an aromatic ring is 1. The Kier molecular flexibility index (Phi) is 6.95. The number of carbonyl (C=O) groups is 2. The van der Waals surface area contributed by atoms with Gasteiger partial charge in [0.1, 0.15) is 39.0 Å². The SMILES string of the molecule is COC(=O)C(CC(C)C)Nc1sc(C(=O)c2c(-c3ccccc3)noc2C)c(N)c1C#N. The number of hydrogen-bond donors (Lipinski definition) is 2. The molecular weight excluding hydrogens is 428 g/mol. The third-order valence-corrected chi connectivity index (χ3v) is 6.03. The van der Waals surface area contributed by atoms with Gasteiger partial charge in [-0.25, -0.2) is 4.79 Å². The van der Waals surface area contributed by atoms with E-state index in [2.05, 4.69) is 10.5 Å². The van der Waals surface area contributed by atoms with Crippen molar-refractivity contribution in [2.75, 3.05) is 18.2 Å². The Hall–Kier alpha value is -3.64. The van der Waals surface area contributed by atoms with E-state index >= 15 is 0 Å². The minimum absolute atomic E-state index is 0.0535. The zero-order chi connectivity index (χ0) is 23.4. The predicted octanol–water partition coefficient (Wildman–Crippen LogP) is 4.40. The number of benzene rings is 1. The number of ether oxygens (including phenoxy) is 1. The number of nitrogens with one attached hydrogen (secondary N) is 1. The van der Waals surface area contributed by atoms with Crippen molar-refractivity contribution in [3.8, 4) is 17.3 Å². The van der Waals surface area contributed by atoms with Gasteiger partial charge in [-0.2, -0.15) is 5.26 Å². The Morgan fingerprint density at radius 1 is 1.31 bits per heavy atom. The summed E-state index contributed by atoms with van der Waals surface area (Å²) in [5, 5.41) is 17.1. The van der Waals surface area contributed by atoms with Crippen LogP contribution in [0.25, 0.3) is 11.3 Å². The second-order valence-corrected chi connectivity index (χ2v) is 8.69. The Labute approximate surface area is 190 Å². The van der Waals surface area contributed by atoms with Gasteiger partial charge in [0.2, 0.25) is 5.78 Å². The van der Waals surface area contributed by atoms with Crippen LogP contribution in [-0.2, 0) is 9.53 Å². The van der Waals surface area contributed by atoms with Gasteiger partial charge in [-0.1, -0.05) is 49.3 Å². The first-order valence-electron chi connectivity index (χ1n) is 10.0. The van der Waals surface area contributed by atoms with Gasteiger partial charge in [0.25, 0.3) is 0 Å². The number of thiophene rings is 1. The van der Waals surface area contributed by atoms with E-state index in [4.69, 9.17) is 15.0 Å². The fraction of sp³-hybridized carbons (Fsp3) is 0.304. The van der Waals surface area contributed by atoms with Crippen LogP contribution in [0, 0.1) is 24.2 Å². The minimum atomic E-state index is -0.676. The van der Waals surface area contributed by atoms with E-state index < -0.39 is 17.8 Å². The molecule has 0 radical (unpaired) electrons. The highest BCUT2D eigenvalue weighted by atomic mass is 32.1. The van der Waals surface area contributed by atoms with Crippen LogP contribution in [0.2, 0.25) is 0 Å². The molecule has 0 aliphatic heterocycles. The largest absolute Gasteiger partial charge is 0.467 e. The smallest absolute Gasteiger partial charge is 0.328 e. The lowest BCUT2D eigenvalue weighted by Crippen LogP contribution is -2.32. The molecule has 3 aromatic rings. The third kappa shape index (κ3) is 4.50. The van der Waals surface area contributed by atoms with Gasteiger partial charge in [-0.3, -0.25) is 4.79 Å². The average molecular weight is 453 g/mol. The maximum Gasteiger partial charge on any atom is 0.328 e. The molecule has 0 aliphatic carbocycles. The third-order valence-electron chi connectivity index (χ3n) is 4.90. The summed E-state index contributed by atoms with van der Waals surface area (Å²) in [5.41, 5.74) is 7.79. The van der Waals surface area contributed by atoms with E-state index in [-0.39, 0.29) is 27.6 Å². The summed E-state index contributed by atoms with van der Waals surface area (Å²) in [4.78, 5) is 25.9. The number of aromatic nitrogens is 1. The van der Waals surface area contributed by atoms with Gasteiger partial charge in [-0.15, -0.1) is 11.3 Å².